The molecule has 96 valence electrons. The number of aromatic nitrogens is 5. The first kappa shape index (κ1) is 11.3. The minimum Gasteiger partial charge on any atom is -0.279 e. The Morgan fingerprint density at radius 2 is 2.22 bits per heavy atom. The Bertz CT molecular complexity index is 606. The number of hydrogen-bond acceptors (Lipinski definition) is 3. The van der Waals surface area contributed by atoms with Crippen LogP contribution < -0.4 is 5.69 Å². The molecule has 0 atom stereocenters. The smallest absolute Gasteiger partial charge is 0.279 e. The van der Waals surface area contributed by atoms with Crippen LogP contribution in [0.4, 0.5) is 0 Å². The first-order chi connectivity index (χ1) is 8.78. The first-order valence-electron chi connectivity index (χ1n) is 6.47. The molecule has 0 unspecified atom stereocenters. The van der Waals surface area contributed by atoms with Crippen molar-refractivity contribution in [2.24, 2.45) is 0 Å². The molecule has 0 saturated heterocycles. The van der Waals surface area contributed by atoms with Crippen LogP contribution in [0.5, 0.6) is 0 Å². The van der Waals surface area contributed by atoms with Crippen LogP contribution in [-0.4, -0.2) is 24.1 Å². The van der Waals surface area contributed by atoms with E-state index in [2.05, 4.69) is 10.2 Å². The maximum atomic E-state index is 12.1. The van der Waals surface area contributed by atoms with Gasteiger partial charge in [0.15, 0.2) is 0 Å². The van der Waals surface area contributed by atoms with Gasteiger partial charge in [0.2, 0.25) is 0 Å². The van der Waals surface area contributed by atoms with Gasteiger partial charge >= 0.3 is 5.69 Å². The summed E-state index contributed by atoms with van der Waals surface area (Å²) in [4.78, 5) is 12.1. The lowest BCUT2D eigenvalue weighted by molar-refractivity contribution is 0.511. The van der Waals surface area contributed by atoms with Crippen molar-refractivity contribution < 1.29 is 0 Å². The average Bonchev–Trinajstić information content (AvgIpc) is 2.97. The van der Waals surface area contributed by atoms with Crippen LogP contribution in [0, 0.1) is 0 Å². The fourth-order valence-electron chi connectivity index (χ4n) is 2.37. The van der Waals surface area contributed by atoms with Crippen LogP contribution in [-0.2, 0) is 26.1 Å². The number of rotatable bonds is 3. The summed E-state index contributed by atoms with van der Waals surface area (Å²) in [6, 6.07) is 1.94. The summed E-state index contributed by atoms with van der Waals surface area (Å²) >= 11 is 0. The second-order valence-corrected chi connectivity index (χ2v) is 4.63. The highest BCUT2D eigenvalue weighted by atomic mass is 16.2. The van der Waals surface area contributed by atoms with E-state index in [-0.39, 0.29) is 5.69 Å². The Labute approximate surface area is 105 Å². The van der Waals surface area contributed by atoms with Gasteiger partial charge in [-0.2, -0.15) is 10.2 Å². The molecule has 0 radical (unpaired) electrons. The summed E-state index contributed by atoms with van der Waals surface area (Å²) in [6.45, 7) is 4.15. The van der Waals surface area contributed by atoms with Gasteiger partial charge in [-0.15, -0.1) is 0 Å². The van der Waals surface area contributed by atoms with E-state index < -0.39 is 0 Å². The molecule has 2 aromatic rings. The highest BCUT2D eigenvalue weighted by Gasteiger charge is 2.16. The van der Waals surface area contributed by atoms with E-state index in [1.165, 1.54) is 4.68 Å². The molecule has 0 aromatic carbocycles. The van der Waals surface area contributed by atoms with Crippen LogP contribution in [0.15, 0.2) is 17.1 Å². The summed E-state index contributed by atoms with van der Waals surface area (Å²) in [7, 11) is 0. The Hall–Kier alpha value is -1.85. The highest BCUT2D eigenvalue weighted by Crippen LogP contribution is 2.09. The fraction of sp³-hybridized carbons (Fsp3) is 0.583. The van der Waals surface area contributed by atoms with Crippen molar-refractivity contribution in [1.29, 1.82) is 0 Å². The third-order valence-electron chi connectivity index (χ3n) is 3.36. The summed E-state index contributed by atoms with van der Waals surface area (Å²) in [5.41, 5.74) is 0.880. The topological polar surface area (TPSA) is 57.6 Å². The van der Waals surface area contributed by atoms with Crippen LogP contribution in [0.2, 0.25) is 0 Å². The SMILES string of the molecule is CCn1ccc(Cn2nc3n(c2=O)CCCC3)n1. The van der Waals surface area contributed by atoms with Crippen LogP contribution in [0.3, 0.4) is 0 Å². The largest absolute Gasteiger partial charge is 0.346 e. The van der Waals surface area contributed by atoms with Crippen molar-refractivity contribution in [3.05, 3.63) is 34.3 Å². The van der Waals surface area contributed by atoms with Crippen LogP contribution >= 0.6 is 0 Å². The minimum atomic E-state index is -0.00394. The zero-order valence-electron chi connectivity index (χ0n) is 10.5. The number of hydrogen-bond donors (Lipinski definition) is 0. The van der Waals surface area contributed by atoms with E-state index in [0.717, 1.165) is 43.9 Å². The Kier molecular flexibility index (Phi) is 2.77. The lowest BCUT2D eigenvalue weighted by atomic mass is 10.2. The maximum absolute atomic E-state index is 12.1. The molecular formula is C12H17N5O. The van der Waals surface area contributed by atoms with E-state index in [1.807, 2.05) is 23.9 Å². The standard InChI is InChI=1S/C12H17N5O/c1-2-15-8-6-10(13-15)9-17-12(18)16-7-4-3-5-11(16)14-17/h6,8H,2-5,7,9H2,1H3. The Balaban J connectivity index is 1.88. The predicted octanol–water partition coefficient (Wildman–Crippen LogP) is 0.646. The van der Waals surface area contributed by atoms with Crippen molar-refractivity contribution >= 4 is 0 Å². The second-order valence-electron chi connectivity index (χ2n) is 4.63. The number of nitrogens with zero attached hydrogens (tertiary/aromatic N) is 5. The third-order valence-corrected chi connectivity index (χ3v) is 3.36. The van der Waals surface area contributed by atoms with Crippen molar-refractivity contribution in [3.8, 4) is 0 Å². The molecule has 6 heteroatoms. The Morgan fingerprint density at radius 1 is 1.33 bits per heavy atom. The van der Waals surface area contributed by atoms with E-state index in [9.17, 15) is 4.79 Å². The zero-order valence-corrected chi connectivity index (χ0v) is 10.5. The van der Waals surface area contributed by atoms with E-state index in [0.29, 0.717) is 6.54 Å². The van der Waals surface area contributed by atoms with Crippen molar-refractivity contribution in [2.45, 2.75) is 45.8 Å². The third kappa shape index (κ3) is 1.87. The normalized spacial score (nSPS) is 14.7. The summed E-state index contributed by atoms with van der Waals surface area (Å²) in [5, 5.41) is 8.78. The lowest BCUT2D eigenvalue weighted by Crippen LogP contribution is -2.27. The van der Waals surface area contributed by atoms with Gasteiger partial charge in [-0.25, -0.2) is 9.48 Å². The molecule has 0 saturated carbocycles. The molecule has 0 aliphatic carbocycles. The lowest BCUT2D eigenvalue weighted by Gasteiger charge is -2.09. The first-order valence-corrected chi connectivity index (χ1v) is 6.47. The number of aryl methyl sites for hydroxylation is 2. The molecule has 0 bridgehead atoms. The molecule has 3 rings (SSSR count). The van der Waals surface area contributed by atoms with Gasteiger partial charge in [0.05, 0.1) is 12.2 Å². The van der Waals surface area contributed by atoms with Gasteiger partial charge < -0.3 is 0 Å². The number of fused-ring (bicyclic) bond motifs is 1. The van der Waals surface area contributed by atoms with E-state index >= 15 is 0 Å². The van der Waals surface area contributed by atoms with Gasteiger partial charge in [-0.05, 0) is 25.8 Å². The molecular weight excluding hydrogens is 230 g/mol. The van der Waals surface area contributed by atoms with E-state index in [4.69, 9.17) is 0 Å². The monoisotopic (exact) mass is 247 g/mol. The van der Waals surface area contributed by atoms with Crippen LogP contribution in [0.1, 0.15) is 31.3 Å². The molecule has 3 heterocycles. The van der Waals surface area contributed by atoms with Crippen molar-refractivity contribution in [3.63, 3.8) is 0 Å². The molecule has 0 fully saturated rings. The molecule has 0 amide bonds. The second kappa shape index (κ2) is 4.44. The maximum Gasteiger partial charge on any atom is 0.346 e. The fourth-order valence-corrected chi connectivity index (χ4v) is 2.37. The molecule has 18 heavy (non-hydrogen) atoms. The minimum absolute atomic E-state index is 0.00394. The molecule has 2 aromatic heterocycles. The quantitative estimate of drug-likeness (QED) is 0.800. The van der Waals surface area contributed by atoms with Gasteiger partial charge in [0.25, 0.3) is 0 Å². The molecule has 1 aliphatic rings. The summed E-state index contributed by atoms with van der Waals surface area (Å²) < 4.78 is 5.18. The molecule has 0 spiro atoms. The van der Waals surface area contributed by atoms with Crippen molar-refractivity contribution in [1.82, 2.24) is 24.1 Å². The van der Waals surface area contributed by atoms with Gasteiger partial charge in [-0.1, -0.05) is 0 Å². The predicted molar refractivity (Wildman–Crippen MR) is 66.4 cm³/mol. The van der Waals surface area contributed by atoms with Gasteiger partial charge in [0.1, 0.15) is 5.82 Å². The Morgan fingerprint density at radius 3 is 2.94 bits per heavy atom. The average molecular weight is 247 g/mol. The van der Waals surface area contributed by atoms with Gasteiger partial charge in [-0.3, -0.25) is 9.25 Å². The molecule has 6 nitrogen and oxygen atoms in total. The highest BCUT2D eigenvalue weighted by molar-refractivity contribution is 5.00. The summed E-state index contributed by atoms with van der Waals surface area (Å²) in [5.74, 6) is 0.918. The zero-order chi connectivity index (χ0) is 12.5. The van der Waals surface area contributed by atoms with Crippen molar-refractivity contribution in [2.75, 3.05) is 0 Å². The van der Waals surface area contributed by atoms with Crippen LogP contribution in [0.25, 0.3) is 0 Å². The van der Waals surface area contributed by atoms with Gasteiger partial charge in [0, 0.05) is 25.7 Å². The molecule has 0 N–H and O–H groups in total. The molecule has 1 aliphatic heterocycles. The summed E-state index contributed by atoms with van der Waals surface area (Å²) in [6.07, 6.45) is 5.03. The van der Waals surface area contributed by atoms with E-state index in [1.54, 1.807) is 4.57 Å².